The van der Waals surface area contributed by atoms with Crippen LogP contribution in [0.4, 0.5) is 13.2 Å². The summed E-state index contributed by atoms with van der Waals surface area (Å²) in [7, 11) is 3.80. The van der Waals surface area contributed by atoms with Crippen LogP contribution in [-0.4, -0.2) is 41.2 Å². The lowest BCUT2D eigenvalue weighted by molar-refractivity contribution is -0.267. The molecule has 2 aromatic rings. The van der Waals surface area contributed by atoms with Crippen molar-refractivity contribution in [1.29, 1.82) is 0 Å². The largest absolute Gasteiger partial charge is 0.424 e. The maximum Gasteiger partial charge on any atom is 0.424 e. The minimum absolute atomic E-state index is 0.0771. The molecule has 0 bridgehead atoms. The number of nitrogens with zero attached hydrogens (tertiary/aromatic N) is 2. The molecule has 1 heterocycles. The second-order valence-electron chi connectivity index (χ2n) is 6.61. The number of amides is 1. The molecule has 1 unspecified atom stereocenters. The van der Waals surface area contributed by atoms with Crippen LogP contribution in [0.5, 0.6) is 0 Å². The van der Waals surface area contributed by atoms with E-state index < -0.39 is 29.1 Å². The number of carbonyl (C=O) groups excluding carboxylic acids is 1. The van der Waals surface area contributed by atoms with Crippen molar-refractivity contribution in [2.45, 2.75) is 38.2 Å². The lowest BCUT2D eigenvalue weighted by atomic mass is 9.99. The monoisotopic (exact) mass is 401 g/mol. The van der Waals surface area contributed by atoms with E-state index in [2.05, 4.69) is 10.3 Å². The molecule has 27 heavy (non-hydrogen) atoms. The number of alkyl halides is 3. The van der Waals surface area contributed by atoms with Crippen LogP contribution >= 0.6 is 11.3 Å². The number of aromatic nitrogens is 1. The second-order valence-corrected chi connectivity index (χ2v) is 7.47. The van der Waals surface area contributed by atoms with E-state index in [-0.39, 0.29) is 6.54 Å². The van der Waals surface area contributed by atoms with Crippen molar-refractivity contribution in [3.8, 4) is 0 Å². The zero-order valence-corrected chi connectivity index (χ0v) is 16.1. The van der Waals surface area contributed by atoms with Crippen LogP contribution in [-0.2, 0) is 23.5 Å². The summed E-state index contributed by atoms with van der Waals surface area (Å²) in [6.07, 6.45) is -6.16. The van der Waals surface area contributed by atoms with Crippen molar-refractivity contribution in [2.24, 2.45) is 0 Å². The Morgan fingerprint density at radius 3 is 2.41 bits per heavy atom. The van der Waals surface area contributed by atoms with Crippen LogP contribution in [0.15, 0.2) is 29.6 Å². The van der Waals surface area contributed by atoms with Crippen LogP contribution in [0, 0.1) is 6.92 Å². The van der Waals surface area contributed by atoms with Gasteiger partial charge in [-0.1, -0.05) is 24.3 Å². The van der Waals surface area contributed by atoms with Gasteiger partial charge in [0.2, 0.25) is 11.5 Å². The van der Waals surface area contributed by atoms with Gasteiger partial charge >= 0.3 is 6.18 Å². The molecular formula is C18H22F3N3O2S. The zero-order valence-electron chi connectivity index (χ0n) is 15.3. The first-order chi connectivity index (χ1) is 12.5. The Balaban J connectivity index is 2.12. The molecule has 0 saturated carbocycles. The van der Waals surface area contributed by atoms with E-state index >= 15 is 0 Å². The number of halogens is 3. The predicted molar refractivity (Wildman–Crippen MR) is 97.1 cm³/mol. The molecule has 5 nitrogen and oxygen atoms in total. The smallest absolute Gasteiger partial charge is 0.374 e. The fourth-order valence-corrected chi connectivity index (χ4v) is 3.47. The van der Waals surface area contributed by atoms with Gasteiger partial charge in [-0.2, -0.15) is 13.2 Å². The molecule has 0 radical (unpaired) electrons. The molecule has 148 valence electrons. The summed E-state index contributed by atoms with van der Waals surface area (Å²) in [5.41, 5.74) is -1.18. The first-order valence-electron chi connectivity index (χ1n) is 8.23. The quantitative estimate of drug-likeness (QED) is 0.749. The van der Waals surface area contributed by atoms with Gasteiger partial charge in [-0.25, -0.2) is 4.98 Å². The summed E-state index contributed by atoms with van der Waals surface area (Å²) in [4.78, 5) is 17.9. The first kappa shape index (κ1) is 21.3. The van der Waals surface area contributed by atoms with Crippen molar-refractivity contribution in [2.75, 3.05) is 14.1 Å². The van der Waals surface area contributed by atoms with Crippen LogP contribution in [0.3, 0.4) is 0 Å². The average Bonchev–Trinajstić information content (AvgIpc) is 2.99. The van der Waals surface area contributed by atoms with Crippen LogP contribution < -0.4 is 5.32 Å². The van der Waals surface area contributed by atoms with E-state index in [9.17, 15) is 23.1 Å². The highest BCUT2D eigenvalue weighted by Gasteiger charge is 2.58. The molecule has 1 aromatic carbocycles. The van der Waals surface area contributed by atoms with E-state index in [0.29, 0.717) is 23.6 Å². The van der Waals surface area contributed by atoms with Gasteiger partial charge in [-0.15, -0.1) is 11.3 Å². The molecule has 1 aromatic heterocycles. The summed E-state index contributed by atoms with van der Waals surface area (Å²) >= 11 is 0.682. The number of hydrogen-bond donors (Lipinski definition) is 2. The zero-order chi connectivity index (χ0) is 20.2. The number of benzene rings is 1. The van der Waals surface area contributed by atoms with Gasteiger partial charge in [0.1, 0.15) is 5.01 Å². The van der Waals surface area contributed by atoms with Crippen molar-refractivity contribution in [3.05, 3.63) is 51.5 Å². The fraction of sp³-hybridized carbons (Fsp3) is 0.444. The third-order valence-corrected chi connectivity index (χ3v) is 5.05. The SMILES string of the molecule is Cc1csc(C(O)(CC(=O)NCc2ccccc2CN(C)C)C(F)(F)F)n1. The van der Waals surface area contributed by atoms with Crippen molar-refractivity contribution in [1.82, 2.24) is 15.2 Å². The molecule has 9 heteroatoms. The Labute approximate surface area is 159 Å². The molecule has 0 aliphatic rings. The number of carbonyl (C=O) groups is 1. The Morgan fingerprint density at radius 2 is 1.89 bits per heavy atom. The fourth-order valence-electron chi connectivity index (χ4n) is 2.55. The molecule has 0 saturated heterocycles. The Bertz CT molecular complexity index is 792. The molecule has 0 fully saturated rings. The molecule has 0 aliphatic carbocycles. The topological polar surface area (TPSA) is 65.5 Å². The van der Waals surface area contributed by atoms with Gasteiger partial charge in [0.25, 0.3) is 0 Å². The first-order valence-corrected chi connectivity index (χ1v) is 9.11. The van der Waals surface area contributed by atoms with E-state index in [4.69, 9.17) is 0 Å². The van der Waals surface area contributed by atoms with E-state index in [1.54, 1.807) is 12.1 Å². The molecule has 1 amide bonds. The molecule has 1 atom stereocenters. The molecule has 2 rings (SSSR count). The van der Waals surface area contributed by atoms with Gasteiger partial charge in [0.05, 0.1) is 6.42 Å². The number of nitrogens with one attached hydrogen (secondary N) is 1. The number of thiazole rings is 1. The van der Waals surface area contributed by atoms with Crippen molar-refractivity contribution >= 4 is 17.2 Å². The maximum atomic E-state index is 13.5. The summed E-state index contributed by atoms with van der Waals surface area (Å²) in [6.45, 7) is 2.24. The van der Waals surface area contributed by atoms with Gasteiger partial charge in [0.15, 0.2) is 0 Å². The van der Waals surface area contributed by atoms with Gasteiger partial charge in [-0.05, 0) is 32.1 Å². The summed E-state index contributed by atoms with van der Waals surface area (Å²) in [6, 6.07) is 7.35. The second kappa shape index (κ2) is 8.37. The van der Waals surface area contributed by atoms with Gasteiger partial charge in [-0.3, -0.25) is 4.79 Å². The van der Waals surface area contributed by atoms with Crippen LogP contribution in [0.1, 0.15) is 28.2 Å². The Hall–Kier alpha value is -1.97. The minimum atomic E-state index is -5.02. The highest BCUT2D eigenvalue weighted by molar-refractivity contribution is 7.09. The van der Waals surface area contributed by atoms with E-state index in [1.807, 2.05) is 31.1 Å². The molecule has 0 spiro atoms. The van der Waals surface area contributed by atoms with Crippen LogP contribution in [0.2, 0.25) is 0 Å². The molecular weight excluding hydrogens is 379 g/mol. The Kier molecular flexibility index (Phi) is 6.61. The Morgan fingerprint density at radius 1 is 1.26 bits per heavy atom. The number of rotatable bonds is 7. The molecule has 0 aliphatic heterocycles. The maximum absolute atomic E-state index is 13.5. The van der Waals surface area contributed by atoms with Gasteiger partial charge in [0, 0.05) is 24.2 Å². The minimum Gasteiger partial charge on any atom is -0.374 e. The number of hydrogen-bond acceptors (Lipinski definition) is 5. The number of aryl methyl sites for hydroxylation is 1. The third-order valence-electron chi connectivity index (χ3n) is 3.94. The standard InChI is InChI=1S/C18H22F3N3O2S/c1-12-11-27-16(23-12)17(26,18(19,20)21)8-15(25)22-9-13-6-4-5-7-14(13)10-24(2)3/h4-7,11,26H,8-10H2,1-3H3,(H,22,25). The number of aliphatic hydroxyl groups is 1. The summed E-state index contributed by atoms with van der Waals surface area (Å²) in [5.74, 6) is -0.901. The molecule has 2 N–H and O–H groups in total. The highest BCUT2D eigenvalue weighted by atomic mass is 32.1. The van der Waals surface area contributed by atoms with E-state index in [0.717, 1.165) is 11.1 Å². The summed E-state index contributed by atoms with van der Waals surface area (Å²) in [5, 5.41) is 13.6. The highest BCUT2D eigenvalue weighted by Crippen LogP contribution is 2.42. The predicted octanol–water partition coefficient (Wildman–Crippen LogP) is 2.97. The van der Waals surface area contributed by atoms with Crippen molar-refractivity contribution < 1.29 is 23.1 Å². The lowest BCUT2D eigenvalue weighted by Crippen LogP contribution is -2.46. The van der Waals surface area contributed by atoms with Gasteiger partial charge < -0.3 is 15.3 Å². The third kappa shape index (κ3) is 5.27. The van der Waals surface area contributed by atoms with Crippen LogP contribution in [0.25, 0.3) is 0 Å². The average molecular weight is 401 g/mol. The summed E-state index contributed by atoms with van der Waals surface area (Å²) < 4.78 is 40.4. The lowest BCUT2D eigenvalue weighted by Gasteiger charge is -2.28. The van der Waals surface area contributed by atoms with E-state index in [1.165, 1.54) is 12.3 Å². The van der Waals surface area contributed by atoms with Crippen molar-refractivity contribution in [3.63, 3.8) is 0 Å². The normalized spacial score (nSPS) is 14.2.